The monoisotopic (exact) mass is 495 g/mol. The third-order valence-corrected chi connectivity index (χ3v) is 6.95. The molecule has 8 heteroatoms. The quantitative estimate of drug-likeness (QED) is 0.451. The second-order valence-corrected chi connectivity index (χ2v) is 9.69. The third kappa shape index (κ3) is 3.58. The molecule has 1 saturated heterocycles. The van der Waals surface area contributed by atoms with Gasteiger partial charge in [0.1, 0.15) is 11.7 Å². The minimum Gasteiger partial charge on any atom is -0.465 e. The standard InChI is InChI=1S/C26H23Cl2N3O3/c1-14-9-10-20(15(2)11-14)29-24(32)21-22-18-12-16(27)13-19(28)23(18)34-26(21,3)31(25(33)30-22)17-7-5-4-6-8-17/h4-13,21-22H,1-3H3,(H,29,32)(H,30,33). The molecule has 3 amide bonds. The lowest BCUT2D eigenvalue weighted by atomic mass is 9.78. The molecule has 1 fully saturated rings. The number of para-hydroxylation sites is 1. The number of hydrogen-bond acceptors (Lipinski definition) is 3. The molecule has 0 radical (unpaired) electrons. The van der Waals surface area contributed by atoms with Crippen LogP contribution in [0.3, 0.4) is 0 Å². The molecule has 34 heavy (non-hydrogen) atoms. The number of fused-ring (bicyclic) bond motifs is 4. The lowest BCUT2D eigenvalue weighted by Gasteiger charge is -2.54. The molecule has 6 nitrogen and oxygen atoms in total. The number of nitrogens with zero attached hydrogens (tertiary/aromatic N) is 1. The van der Waals surface area contributed by atoms with Crippen molar-refractivity contribution in [2.75, 3.05) is 10.2 Å². The number of benzene rings is 3. The summed E-state index contributed by atoms with van der Waals surface area (Å²) in [5.74, 6) is -0.703. The van der Waals surface area contributed by atoms with Gasteiger partial charge in [0.25, 0.3) is 0 Å². The van der Waals surface area contributed by atoms with E-state index in [1.54, 1.807) is 31.2 Å². The Morgan fingerprint density at radius 1 is 1.09 bits per heavy atom. The van der Waals surface area contributed by atoms with Crippen molar-refractivity contribution in [1.82, 2.24) is 5.32 Å². The molecule has 2 aliphatic heterocycles. The Labute approximate surface area is 207 Å². The van der Waals surface area contributed by atoms with Gasteiger partial charge in [-0.15, -0.1) is 0 Å². The molecule has 3 aromatic carbocycles. The molecule has 3 aromatic rings. The summed E-state index contributed by atoms with van der Waals surface area (Å²) in [6.07, 6.45) is 0. The first-order valence-corrected chi connectivity index (χ1v) is 11.7. The van der Waals surface area contributed by atoms with E-state index in [4.69, 9.17) is 27.9 Å². The number of rotatable bonds is 3. The van der Waals surface area contributed by atoms with Crippen LogP contribution in [0.5, 0.6) is 5.75 Å². The number of nitrogens with one attached hydrogen (secondary N) is 2. The second kappa shape index (κ2) is 8.22. The van der Waals surface area contributed by atoms with Crippen LogP contribution in [0, 0.1) is 19.8 Å². The number of carbonyl (C=O) groups is 2. The van der Waals surface area contributed by atoms with Gasteiger partial charge in [-0.3, -0.25) is 9.69 Å². The summed E-state index contributed by atoms with van der Waals surface area (Å²) < 4.78 is 6.45. The van der Waals surface area contributed by atoms with Crippen molar-refractivity contribution in [3.05, 3.63) is 87.4 Å². The fraction of sp³-hybridized carbons (Fsp3) is 0.231. The maximum atomic E-state index is 13.9. The predicted molar refractivity (Wildman–Crippen MR) is 134 cm³/mol. The Morgan fingerprint density at radius 2 is 1.82 bits per heavy atom. The minimum atomic E-state index is -1.36. The normalized spacial score (nSPS) is 23.0. The van der Waals surface area contributed by atoms with E-state index in [0.29, 0.717) is 32.7 Å². The van der Waals surface area contributed by atoms with E-state index < -0.39 is 17.7 Å². The van der Waals surface area contributed by atoms with Crippen LogP contribution >= 0.6 is 23.2 Å². The van der Waals surface area contributed by atoms with E-state index in [1.807, 2.05) is 50.2 Å². The minimum absolute atomic E-state index is 0.290. The molecule has 174 valence electrons. The van der Waals surface area contributed by atoms with E-state index in [9.17, 15) is 9.59 Å². The molecular formula is C26H23Cl2N3O3. The van der Waals surface area contributed by atoms with Gasteiger partial charge in [0.05, 0.1) is 11.1 Å². The van der Waals surface area contributed by atoms with E-state index >= 15 is 0 Å². The topological polar surface area (TPSA) is 70.7 Å². The van der Waals surface area contributed by atoms with Crippen LogP contribution in [0.25, 0.3) is 0 Å². The summed E-state index contributed by atoms with van der Waals surface area (Å²) in [7, 11) is 0. The predicted octanol–water partition coefficient (Wildman–Crippen LogP) is 6.24. The van der Waals surface area contributed by atoms with Crippen LogP contribution in [-0.2, 0) is 4.79 Å². The number of urea groups is 1. The first-order valence-electron chi connectivity index (χ1n) is 10.9. The lowest BCUT2D eigenvalue weighted by Crippen LogP contribution is -2.72. The molecule has 5 rings (SSSR count). The van der Waals surface area contributed by atoms with Crippen molar-refractivity contribution >= 4 is 46.5 Å². The number of halogens is 2. The molecule has 0 saturated carbocycles. The summed E-state index contributed by atoms with van der Waals surface area (Å²) in [6, 6.07) is 17.1. The highest BCUT2D eigenvalue weighted by Crippen LogP contribution is 2.52. The van der Waals surface area contributed by atoms with Gasteiger partial charge in [-0.1, -0.05) is 59.1 Å². The number of carbonyl (C=O) groups excluding carboxylic acids is 2. The molecule has 0 aliphatic carbocycles. The van der Waals surface area contributed by atoms with Crippen LogP contribution in [-0.4, -0.2) is 17.7 Å². The zero-order valence-electron chi connectivity index (χ0n) is 18.9. The van der Waals surface area contributed by atoms with Crippen LogP contribution in [0.4, 0.5) is 16.2 Å². The lowest BCUT2D eigenvalue weighted by molar-refractivity contribution is -0.131. The largest absolute Gasteiger partial charge is 0.465 e. The Bertz CT molecular complexity index is 1310. The molecule has 0 spiro atoms. The fourth-order valence-corrected chi connectivity index (χ4v) is 5.48. The highest BCUT2D eigenvalue weighted by atomic mass is 35.5. The molecule has 3 atom stereocenters. The highest BCUT2D eigenvalue weighted by molar-refractivity contribution is 6.35. The van der Waals surface area contributed by atoms with Crippen LogP contribution < -0.4 is 20.3 Å². The van der Waals surface area contributed by atoms with Gasteiger partial charge >= 0.3 is 6.03 Å². The van der Waals surface area contributed by atoms with Gasteiger partial charge in [-0.05, 0) is 56.7 Å². The van der Waals surface area contributed by atoms with Gasteiger partial charge < -0.3 is 15.4 Å². The average molecular weight is 496 g/mol. The molecule has 0 aromatic heterocycles. The first kappa shape index (κ1) is 22.6. The van der Waals surface area contributed by atoms with Gasteiger partial charge in [0.15, 0.2) is 0 Å². The van der Waals surface area contributed by atoms with E-state index in [0.717, 1.165) is 11.1 Å². The number of anilines is 2. The zero-order valence-corrected chi connectivity index (χ0v) is 20.4. The number of ether oxygens (including phenoxy) is 1. The molecule has 2 aliphatic rings. The Balaban J connectivity index is 1.65. The molecular weight excluding hydrogens is 473 g/mol. The van der Waals surface area contributed by atoms with Crippen LogP contribution in [0.15, 0.2) is 60.7 Å². The first-order chi connectivity index (χ1) is 16.2. The summed E-state index contributed by atoms with van der Waals surface area (Å²) in [5, 5.41) is 6.76. The highest BCUT2D eigenvalue weighted by Gasteiger charge is 2.60. The molecule has 2 N–H and O–H groups in total. The van der Waals surface area contributed by atoms with Crippen molar-refractivity contribution in [2.45, 2.75) is 32.5 Å². The Morgan fingerprint density at radius 3 is 2.53 bits per heavy atom. The van der Waals surface area contributed by atoms with Gasteiger partial charge in [0, 0.05) is 22.0 Å². The Hall–Kier alpha value is -3.22. The van der Waals surface area contributed by atoms with Crippen molar-refractivity contribution in [3.63, 3.8) is 0 Å². The third-order valence-electron chi connectivity index (χ3n) is 6.45. The SMILES string of the molecule is Cc1ccc(NC(=O)C2C3NC(=O)N(c4ccccc4)C2(C)Oc2c(Cl)cc(Cl)cc23)c(C)c1. The second-order valence-electron chi connectivity index (χ2n) is 8.85. The van der Waals surface area contributed by atoms with E-state index in [-0.39, 0.29) is 11.9 Å². The van der Waals surface area contributed by atoms with Crippen molar-refractivity contribution in [3.8, 4) is 5.75 Å². The van der Waals surface area contributed by atoms with Gasteiger partial charge in [-0.2, -0.15) is 0 Å². The van der Waals surface area contributed by atoms with Gasteiger partial charge in [-0.25, -0.2) is 4.79 Å². The molecule has 2 bridgehead atoms. The van der Waals surface area contributed by atoms with Crippen molar-refractivity contribution in [2.24, 2.45) is 5.92 Å². The van der Waals surface area contributed by atoms with Crippen LogP contribution in [0.2, 0.25) is 10.0 Å². The summed E-state index contributed by atoms with van der Waals surface area (Å²) in [5.41, 5.74) is 2.54. The molecule has 2 heterocycles. The van der Waals surface area contributed by atoms with E-state index in [1.165, 1.54) is 4.90 Å². The van der Waals surface area contributed by atoms with Crippen molar-refractivity contribution in [1.29, 1.82) is 0 Å². The average Bonchev–Trinajstić information content (AvgIpc) is 2.77. The summed E-state index contributed by atoms with van der Waals surface area (Å²) in [6.45, 7) is 5.68. The Kier molecular flexibility index (Phi) is 5.46. The number of aryl methyl sites for hydroxylation is 2. The fourth-order valence-electron chi connectivity index (χ4n) is 4.93. The van der Waals surface area contributed by atoms with E-state index in [2.05, 4.69) is 10.6 Å². The number of hydrogen-bond donors (Lipinski definition) is 2. The van der Waals surface area contributed by atoms with Gasteiger partial charge in [0.2, 0.25) is 11.6 Å². The number of amides is 3. The zero-order chi connectivity index (χ0) is 24.2. The van der Waals surface area contributed by atoms with Crippen LogP contribution in [0.1, 0.15) is 29.7 Å². The summed E-state index contributed by atoms with van der Waals surface area (Å²) in [4.78, 5) is 28.7. The maximum Gasteiger partial charge on any atom is 0.325 e. The smallest absolute Gasteiger partial charge is 0.325 e. The summed E-state index contributed by atoms with van der Waals surface area (Å²) >= 11 is 12.8. The maximum absolute atomic E-state index is 13.9. The molecule has 3 unspecified atom stereocenters. The van der Waals surface area contributed by atoms with Crippen molar-refractivity contribution < 1.29 is 14.3 Å².